The van der Waals surface area contributed by atoms with Gasteiger partial charge < -0.3 is 19.8 Å². The second kappa shape index (κ2) is 11.0. The average molecular weight is 429 g/mol. The van der Waals surface area contributed by atoms with E-state index >= 15 is 0 Å². The fourth-order valence-corrected chi connectivity index (χ4v) is 3.40. The topological polar surface area (TPSA) is 80.4 Å². The normalized spacial score (nSPS) is 11.3. The summed E-state index contributed by atoms with van der Waals surface area (Å²) in [7, 11) is 0. The first kappa shape index (κ1) is 24.5. The highest BCUT2D eigenvalue weighted by Crippen LogP contribution is 2.25. The van der Waals surface area contributed by atoms with Crippen molar-refractivity contribution in [2.75, 3.05) is 11.9 Å². The standard InChI is InChI=1S/C25H36N2O4/c1-7-10-11-17-12-14-18(15-13-17)26-16-20-21(23(28)30-9-3)19(8-2)22(27-20)24(29)31-25(4,5)6/h12-15,26-27H,7-11,16H2,1-6H3. The molecule has 0 aliphatic carbocycles. The van der Waals surface area contributed by atoms with Gasteiger partial charge in [0, 0.05) is 11.4 Å². The first-order valence-corrected chi connectivity index (χ1v) is 11.2. The van der Waals surface area contributed by atoms with Crippen molar-refractivity contribution >= 4 is 17.6 Å². The molecule has 1 aromatic carbocycles. The Hall–Kier alpha value is -2.76. The Morgan fingerprint density at radius 2 is 1.71 bits per heavy atom. The molecular weight excluding hydrogens is 392 g/mol. The van der Waals surface area contributed by atoms with E-state index in [0.29, 0.717) is 35.5 Å². The van der Waals surface area contributed by atoms with Crippen LogP contribution in [-0.4, -0.2) is 29.1 Å². The van der Waals surface area contributed by atoms with E-state index < -0.39 is 17.5 Å². The lowest BCUT2D eigenvalue weighted by Crippen LogP contribution is -2.24. The van der Waals surface area contributed by atoms with Crippen LogP contribution in [0.1, 0.15) is 92.1 Å². The van der Waals surface area contributed by atoms with Gasteiger partial charge in [-0.15, -0.1) is 0 Å². The van der Waals surface area contributed by atoms with Crippen LogP contribution >= 0.6 is 0 Å². The van der Waals surface area contributed by atoms with Crippen LogP contribution in [-0.2, 0) is 28.9 Å². The molecule has 1 aromatic heterocycles. The number of hydrogen-bond acceptors (Lipinski definition) is 5. The minimum atomic E-state index is -0.630. The zero-order valence-corrected chi connectivity index (χ0v) is 19.7. The lowest BCUT2D eigenvalue weighted by Gasteiger charge is -2.19. The first-order valence-electron chi connectivity index (χ1n) is 11.2. The Morgan fingerprint density at radius 3 is 2.26 bits per heavy atom. The van der Waals surface area contributed by atoms with Crippen molar-refractivity contribution in [2.45, 2.75) is 79.4 Å². The summed E-state index contributed by atoms with van der Waals surface area (Å²) in [4.78, 5) is 28.6. The van der Waals surface area contributed by atoms with Crippen molar-refractivity contribution in [1.82, 2.24) is 4.98 Å². The highest BCUT2D eigenvalue weighted by atomic mass is 16.6. The highest BCUT2D eigenvalue weighted by molar-refractivity contribution is 5.99. The zero-order valence-electron chi connectivity index (χ0n) is 19.7. The van der Waals surface area contributed by atoms with Crippen molar-refractivity contribution in [2.24, 2.45) is 0 Å². The molecule has 0 aliphatic heterocycles. The lowest BCUT2D eigenvalue weighted by molar-refractivity contribution is 0.00622. The van der Waals surface area contributed by atoms with E-state index in [9.17, 15) is 9.59 Å². The van der Waals surface area contributed by atoms with Crippen LogP contribution in [0.15, 0.2) is 24.3 Å². The quantitative estimate of drug-likeness (QED) is 0.477. The highest BCUT2D eigenvalue weighted by Gasteiger charge is 2.29. The van der Waals surface area contributed by atoms with Crippen LogP contribution < -0.4 is 5.32 Å². The third-order valence-corrected chi connectivity index (χ3v) is 4.86. The molecule has 0 unspecified atom stereocenters. The molecular formula is C25H36N2O4. The summed E-state index contributed by atoms with van der Waals surface area (Å²) in [6.45, 7) is 11.9. The van der Waals surface area contributed by atoms with Gasteiger partial charge in [-0.3, -0.25) is 0 Å². The van der Waals surface area contributed by atoms with Gasteiger partial charge in [0.2, 0.25) is 0 Å². The van der Waals surface area contributed by atoms with E-state index in [1.54, 1.807) is 6.92 Å². The maximum Gasteiger partial charge on any atom is 0.355 e. The molecule has 1 heterocycles. The molecule has 0 fully saturated rings. The average Bonchev–Trinajstić information content (AvgIpc) is 3.09. The van der Waals surface area contributed by atoms with Crippen LogP contribution in [0.5, 0.6) is 0 Å². The fraction of sp³-hybridized carbons (Fsp3) is 0.520. The van der Waals surface area contributed by atoms with Crippen LogP contribution in [0.2, 0.25) is 0 Å². The number of carbonyl (C=O) groups is 2. The molecule has 6 nitrogen and oxygen atoms in total. The van der Waals surface area contributed by atoms with Crippen molar-refractivity contribution in [3.63, 3.8) is 0 Å². The summed E-state index contributed by atoms with van der Waals surface area (Å²) in [5, 5.41) is 3.34. The van der Waals surface area contributed by atoms with Gasteiger partial charge in [0.1, 0.15) is 11.3 Å². The number of benzene rings is 1. The van der Waals surface area contributed by atoms with Crippen molar-refractivity contribution < 1.29 is 19.1 Å². The van der Waals surface area contributed by atoms with Crippen LogP contribution in [0, 0.1) is 0 Å². The molecule has 0 amide bonds. The number of rotatable bonds is 10. The summed E-state index contributed by atoms with van der Waals surface area (Å²) < 4.78 is 10.8. The maximum atomic E-state index is 12.8. The van der Waals surface area contributed by atoms with E-state index in [1.807, 2.05) is 39.8 Å². The monoisotopic (exact) mass is 428 g/mol. The van der Waals surface area contributed by atoms with Gasteiger partial charge in [0.25, 0.3) is 0 Å². The minimum Gasteiger partial charge on any atom is -0.462 e. The second-order valence-corrected chi connectivity index (χ2v) is 8.56. The molecule has 0 saturated heterocycles. The number of nitrogens with one attached hydrogen (secondary N) is 2. The van der Waals surface area contributed by atoms with Gasteiger partial charge in [0.15, 0.2) is 0 Å². The SMILES string of the molecule is CCCCc1ccc(NCc2[nH]c(C(=O)OC(C)(C)C)c(CC)c2C(=O)OCC)cc1. The van der Waals surface area contributed by atoms with E-state index in [1.165, 1.54) is 18.4 Å². The minimum absolute atomic E-state index is 0.265. The summed E-state index contributed by atoms with van der Waals surface area (Å²) in [6, 6.07) is 8.30. The van der Waals surface area contributed by atoms with Crippen molar-refractivity contribution in [3.8, 4) is 0 Å². The maximum absolute atomic E-state index is 12.8. The Bertz CT molecular complexity index is 876. The van der Waals surface area contributed by atoms with Gasteiger partial charge in [-0.05, 0) is 70.2 Å². The van der Waals surface area contributed by atoms with Gasteiger partial charge in [-0.25, -0.2) is 9.59 Å². The third-order valence-electron chi connectivity index (χ3n) is 4.86. The summed E-state index contributed by atoms with van der Waals surface area (Å²) in [6.07, 6.45) is 3.92. The predicted molar refractivity (Wildman–Crippen MR) is 124 cm³/mol. The largest absolute Gasteiger partial charge is 0.462 e. The molecule has 170 valence electrons. The van der Waals surface area contributed by atoms with Gasteiger partial charge in [-0.2, -0.15) is 0 Å². The molecule has 0 spiro atoms. The van der Waals surface area contributed by atoms with E-state index in [4.69, 9.17) is 9.47 Å². The number of aryl methyl sites for hydroxylation is 1. The number of aromatic amines is 1. The van der Waals surface area contributed by atoms with E-state index in [2.05, 4.69) is 29.4 Å². The molecule has 0 radical (unpaired) electrons. The molecule has 6 heteroatoms. The lowest BCUT2D eigenvalue weighted by atomic mass is 10.1. The Kier molecular flexibility index (Phi) is 8.72. The molecule has 0 bridgehead atoms. The number of ether oxygens (including phenoxy) is 2. The molecule has 0 aliphatic rings. The van der Waals surface area contributed by atoms with Crippen molar-refractivity contribution in [3.05, 3.63) is 52.3 Å². The smallest absolute Gasteiger partial charge is 0.355 e. The Morgan fingerprint density at radius 1 is 1.03 bits per heavy atom. The number of anilines is 1. The molecule has 31 heavy (non-hydrogen) atoms. The molecule has 2 rings (SSSR count). The van der Waals surface area contributed by atoms with Crippen LogP contribution in [0.25, 0.3) is 0 Å². The summed E-state index contributed by atoms with van der Waals surface area (Å²) >= 11 is 0. The van der Waals surface area contributed by atoms with Crippen LogP contribution in [0.4, 0.5) is 5.69 Å². The van der Waals surface area contributed by atoms with Gasteiger partial charge >= 0.3 is 11.9 Å². The Balaban J connectivity index is 2.29. The zero-order chi connectivity index (χ0) is 23.0. The first-order chi connectivity index (χ1) is 14.7. The molecule has 0 saturated carbocycles. The van der Waals surface area contributed by atoms with E-state index in [-0.39, 0.29) is 6.61 Å². The number of aromatic nitrogens is 1. The number of hydrogen-bond donors (Lipinski definition) is 2. The Labute approximate surface area is 185 Å². The molecule has 0 atom stereocenters. The summed E-state index contributed by atoms with van der Waals surface area (Å²) in [5.41, 5.74) is 3.59. The number of esters is 2. The third kappa shape index (κ3) is 6.88. The predicted octanol–water partition coefficient (Wildman–Crippen LogP) is 5.66. The second-order valence-electron chi connectivity index (χ2n) is 8.56. The van der Waals surface area contributed by atoms with E-state index in [0.717, 1.165) is 12.1 Å². The van der Waals surface area contributed by atoms with Gasteiger partial charge in [-0.1, -0.05) is 32.4 Å². The number of carbonyl (C=O) groups excluding carboxylic acids is 2. The number of unbranched alkanes of at least 4 members (excludes halogenated alkanes) is 1. The van der Waals surface area contributed by atoms with Crippen LogP contribution in [0.3, 0.4) is 0 Å². The van der Waals surface area contributed by atoms with Crippen molar-refractivity contribution in [1.29, 1.82) is 0 Å². The number of H-pyrrole nitrogens is 1. The van der Waals surface area contributed by atoms with Gasteiger partial charge in [0.05, 0.1) is 18.7 Å². The fourth-order valence-electron chi connectivity index (χ4n) is 3.40. The molecule has 2 aromatic rings. The summed E-state index contributed by atoms with van der Waals surface area (Å²) in [5.74, 6) is -0.904. The molecule has 2 N–H and O–H groups in total.